The molecule has 2 atom stereocenters. The maximum absolute atomic E-state index is 3.50. The van der Waals surface area contributed by atoms with E-state index in [4.69, 9.17) is 0 Å². The number of likely N-dealkylation sites (tertiary alicyclic amines) is 1. The zero-order valence-corrected chi connectivity index (χ0v) is 12.9. The lowest BCUT2D eigenvalue weighted by Gasteiger charge is -2.21. The van der Waals surface area contributed by atoms with Crippen LogP contribution in [0.25, 0.3) is 0 Å². The first kappa shape index (κ1) is 16.0. The van der Waals surface area contributed by atoms with E-state index >= 15 is 0 Å². The molecule has 0 bridgehead atoms. The summed E-state index contributed by atoms with van der Waals surface area (Å²) in [6, 6.07) is 0.690. The summed E-state index contributed by atoms with van der Waals surface area (Å²) in [6.45, 7) is 11.9. The lowest BCUT2D eigenvalue weighted by Crippen LogP contribution is -2.29. The third kappa shape index (κ3) is 6.75. The number of rotatable bonds is 8. The van der Waals surface area contributed by atoms with Gasteiger partial charge < -0.3 is 10.2 Å². The minimum Gasteiger partial charge on any atom is -0.315 e. The molecule has 1 saturated heterocycles. The van der Waals surface area contributed by atoms with Crippen LogP contribution in [-0.2, 0) is 0 Å². The first-order valence-electron chi connectivity index (χ1n) is 8.22. The van der Waals surface area contributed by atoms with Gasteiger partial charge in [0.25, 0.3) is 0 Å². The molecule has 0 spiro atoms. The molecule has 1 rings (SSSR count). The normalized spacial score (nSPS) is 23.8. The predicted octanol–water partition coefficient (Wildman–Crippen LogP) is 3.67. The van der Waals surface area contributed by atoms with Gasteiger partial charge in [-0.25, -0.2) is 0 Å². The van der Waals surface area contributed by atoms with Crippen LogP contribution in [0, 0.1) is 5.92 Å². The highest BCUT2D eigenvalue weighted by atomic mass is 15.1. The summed E-state index contributed by atoms with van der Waals surface area (Å²) in [6.07, 6.45) is 9.83. The second-order valence-electron chi connectivity index (χ2n) is 6.03. The van der Waals surface area contributed by atoms with Gasteiger partial charge in [-0.3, -0.25) is 0 Å². The second-order valence-corrected chi connectivity index (χ2v) is 6.03. The van der Waals surface area contributed by atoms with E-state index in [9.17, 15) is 0 Å². The van der Waals surface area contributed by atoms with Gasteiger partial charge in [0.1, 0.15) is 0 Å². The molecule has 0 aliphatic carbocycles. The Morgan fingerprint density at radius 3 is 2.78 bits per heavy atom. The van der Waals surface area contributed by atoms with Crippen molar-refractivity contribution < 1.29 is 0 Å². The van der Waals surface area contributed by atoms with Crippen molar-refractivity contribution in [3.63, 3.8) is 0 Å². The molecule has 2 heteroatoms. The monoisotopic (exact) mass is 254 g/mol. The summed E-state index contributed by atoms with van der Waals surface area (Å²) in [5, 5.41) is 3.50. The maximum atomic E-state index is 3.50. The molecule has 0 radical (unpaired) electrons. The third-order valence-electron chi connectivity index (χ3n) is 4.30. The highest BCUT2D eigenvalue weighted by Gasteiger charge is 2.16. The van der Waals surface area contributed by atoms with Gasteiger partial charge in [0.15, 0.2) is 0 Å². The van der Waals surface area contributed by atoms with Gasteiger partial charge >= 0.3 is 0 Å². The van der Waals surface area contributed by atoms with Crippen molar-refractivity contribution >= 4 is 0 Å². The standard InChI is InChI=1S/C16H34N2/c1-4-8-16-10-7-13-18(14-11-16)12-6-9-15(3)17-5-2/h15-17H,4-14H2,1-3H3. The molecule has 1 N–H and O–H groups in total. The number of nitrogens with zero attached hydrogens (tertiary/aromatic N) is 1. The first-order chi connectivity index (χ1) is 8.76. The van der Waals surface area contributed by atoms with Gasteiger partial charge in [-0.2, -0.15) is 0 Å². The molecule has 1 heterocycles. The van der Waals surface area contributed by atoms with E-state index in [2.05, 4.69) is 31.0 Å². The lowest BCUT2D eigenvalue weighted by molar-refractivity contribution is 0.269. The molecule has 1 fully saturated rings. The zero-order valence-electron chi connectivity index (χ0n) is 12.9. The molecule has 2 unspecified atom stereocenters. The molecule has 18 heavy (non-hydrogen) atoms. The van der Waals surface area contributed by atoms with Crippen LogP contribution in [0.15, 0.2) is 0 Å². The Kier molecular flexibility index (Phi) is 8.70. The molecule has 0 amide bonds. The lowest BCUT2D eigenvalue weighted by atomic mass is 9.96. The van der Waals surface area contributed by atoms with Crippen LogP contribution >= 0.6 is 0 Å². The second kappa shape index (κ2) is 9.80. The fraction of sp³-hybridized carbons (Fsp3) is 1.00. The van der Waals surface area contributed by atoms with E-state index in [1.54, 1.807) is 0 Å². The van der Waals surface area contributed by atoms with Crippen LogP contribution in [-0.4, -0.2) is 37.1 Å². The topological polar surface area (TPSA) is 15.3 Å². The van der Waals surface area contributed by atoms with E-state index in [0.29, 0.717) is 6.04 Å². The van der Waals surface area contributed by atoms with E-state index in [-0.39, 0.29) is 0 Å². The molecule has 1 aliphatic rings. The number of hydrogen-bond acceptors (Lipinski definition) is 2. The summed E-state index contributed by atoms with van der Waals surface area (Å²) in [4.78, 5) is 2.70. The van der Waals surface area contributed by atoms with Crippen LogP contribution in [0.3, 0.4) is 0 Å². The molecule has 108 valence electrons. The average molecular weight is 254 g/mol. The highest BCUT2D eigenvalue weighted by molar-refractivity contribution is 4.70. The molecular weight excluding hydrogens is 220 g/mol. The summed E-state index contributed by atoms with van der Waals surface area (Å²) >= 11 is 0. The molecule has 0 saturated carbocycles. The fourth-order valence-corrected chi connectivity index (χ4v) is 3.22. The van der Waals surface area contributed by atoms with Crippen molar-refractivity contribution in [2.75, 3.05) is 26.2 Å². The molecule has 0 aromatic rings. The Balaban J connectivity index is 2.11. The number of nitrogens with one attached hydrogen (secondary N) is 1. The first-order valence-corrected chi connectivity index (χ1v) is 8.22. The summed E-state index contributed by atoms with van der Waals surface area (Å²) in [7, 11) is 0. The average Bonchev–Trinajstić information content (AvgIpc) is 2.56. The Bertz CT molecular complexity index is 194. The van der Waals surface area contributed by atoms with Crippen molar-refractivity contribution in [1.29, 1.82) is 0 Å². The molecule has 1 aliphatic heterocycles. The van der Waals surface area contributed by atoms with Crippen LogP contribution in [0.5, 0.6) is 0 Å². The van der Waals surface area contributed by atoms with Gasteiger partial charge in [-0.05, 0) is 71.1 Å². The van der Waals surface area contributed by atoms with Crippen molar-refractivity contribution in [3.05, 3.63) is 0 Å². The Hall–Kier alpha value is -0.0800. The molecule has 2 nitrogen and oxygen atoms in total. The number of hydrogen-bond donors (Lipinski definition) is 1. The van der Waals surface area contributed by atoms with E-state index < -0.39 is 0 Å². The van der Waals surface area contributed by atoms with Gasteiger partial charge in [-0.1, -0.05) is 26.7 Å². The van der Waals surface area contributed by atoms with Gasteiger partial charge in [0.05, 0.1) is 0 Å². The van der Waals surface area contributed by atoms with E-state index in [1.807, 2.05) is 0 Å². The Labute approximate surface area is 115 Å². The maximum Gasteiger partial charge on any atom is 0.00390 e. The molecule has 0 aromatic heterocycles. The largest absolute Gasteiger partial charge is 0.315 e. The molecular formula is C16H34N2. The van der Waals surface area contributed by atoms with Crippen LogP contribution in [0.1, 0.15) is 65.7 Å². The summed E-state index contributed by atoms with van der Waals surface area (Å²) < 4.78 is 0. The van der Waals surface area contributed by atoms with Crippen molar-refractivity contribution in [2.45, 2.75) is 71.8 Å². The van der Waals surface area contributed by atoms with Crippen molar-refractivity contribution in [1.82, 2.24) is 10.2 Å². The SMILES string of the molecule is CCCC1CCCN(CCCC(C)NCC)CC1. The summed E-state index contributed by atoms with van der Waals surface area (Å²) in [5.74, 6) is 1.01. The molecule has 0 aromatic carbocycles. The van der Waals surface area contributed by atoms with Gasteiger partial charge in [-0.15, -0.1) is 0 Å². The smallest absolute Gasteiger partial charge is 0.00390 e. The van der Waals surface area contributed by atoms with Crippen molar-refractivity contribution in [2.24, 2.45) is 5.92 Å². The summed E-state index contributed by atoms with van der Waals surface area (Å²) in [5.41, 5.74) is 0. The highest BCUT2D eigenvalue weighted by Crippen LogP contribution is 2.22. The minimum atomic E-state index is 0.690. The minimum absolute atomic E-state index is 0.690. The van der Waals surface area contributed by atoms with Crippen LogP contribution in [0.2, 0.25) is 0 Å². The fourth-order valence-electron chi connectivity index (χ4n) is 3.22. The Morgan fingerprint density at radius 1 is 1.22 bits per heavy atom. The van der Waals surface area contributed by atoms with Gasteiger partial charge in [0, 0.05) is 6.04 Å². The predicted molar refractivity (Wildman–Crippen MR) is 81.1 cm³/mol. The van der Waals surface area contributed by atoms with Crippen LogP contribution < -0.4 is 5.32 Å². The van der Waals surface area contributed by atoms with E-state index in [0.717, 1.165) is 12.5 Å². The Morgan fingerprint density at radius 2 is 2.06 bits per heavy atom. The van der Waals surface area contributed by atoms with E-state index in [1.165, 1.54) is 64.6 Å². The zero-order chi connectivity index (χ0) is 13.2. The van der Waals surface area contributed by atoms with Crippen molar-refractivity contribution in [3.8, 4) is 0 Å². The van der Waals surface area contributed by atoms with Gasteiger partial charge in [0.2, 0.25) is 0 Å². The third-order valence-corrected chi connectivity index (χ3v) is 4.30. The quantitative estimate of drug-likeness (QED) is 0.711. The van der Waals surface area contributed by atoms with Crippen LogP contribution in [0.4, 0.5) is 0 Å².